The van der Waals surface area contributed by atoms with E-state index in [-0.39, 0.29) is 0 Å². The highest BCUT2D eigenvalue weighted by Crippen LogP contribution is 2.42. The molecule has 3 aromatic heterocycles. The van der Waals surface area contributed by atoms with Crippen molar-refractivity contribution in [2.75, 3.05) is 0 Å². The van der Waals surface area contributed by atoms with Crippen molar-refractivity contribution in [1.82, 2.24) is 15.0 Å². The normalized spacial score (nSPS) is 11.8. The Morgan fingerprint density at radius 1 is 0.308 bits per heavy atom. The molecular formula is C47H27N3O2. The minimum Gasteiger partial charge on any atom is -0.456 e. The van der Waals surface area contributed by atoms with E-state index in [9.17, 15) is 0 Å². The van der Waals surface area contributed by atoms with Crippen LogP contribution in [0.3, 0.4) is 0 Å². The van der Waals surface area contributed by atoms with Gasteiger partial charge in [0.1, 0.15) is 22.3 Å². The second kappa shape index (κ2) is 11.2. The first-order valence-corrected chi connectivity index (χ1v) is 17.3. The summed E-state index contributed by atoms with van der Waals surface area (Å²) in [5.74, 6) is 1.80. The maximum atomic E-state index is 6.57. The Kier molecular flexibility index (Phi) is 6.18. The molecule has 0 aliphatic carbocycles. The first kappa shape index (κ1) is 28.7. The standard InChI is InChI=1S/C47H27N3O2/c1-2-12-28(13-3-1)45-48-46(38-25-30-14-4-5-15-32(30)33-16-6-7-17-34(33)38)50-47(49-45)39-26-31(27-43-44(39)36-19-9-11-21-41(36)52-43)29-22-23-42-37(24-29)35-18-8-10-20-40(35)51-42/h1-27H. The summed E-state index contributed by atoms with van der Waals surface area (Å²) in [6.07, 6.45) is 0. The second-order valence-electron chi connectivity index (χ2n) is 13.2. The third-order valence-corrected chi connectivity index (χ3v) is 10.1. The molecule has 0 aliphatic rings. The summed E-state index contributed by atoms with van der Waals surface area (Å²) < 4.78 is 12.7. The van der Waals surface area contributed by atoms with Gasteiger partial charge in [-0.1, -0.05) is 121 Å². The van der Waals surface area contributed by atoms with Gasteiger partial charge in [-0.15, -0.1) is 0 Å². The fraction of sp³-hybridized carbons (Fsp3) is 0. The van der Waals surface area contributed by atoms with Crippen LogP contribution in [0.5, 0.6) is 0 Å². The van der Waals surface area contributed by atoms with E-state index in [0.29, 0.717) is 17.5 Å². The molecule has 0 atom stereocenters. The highest BCUT2D eigenvalue weighted by molar-refractivity contribution is 6.15. The fourth-order valence-electron chi connectivity index (χ4n) is 7.68. The first-order chi connectivity index (χ1) is 25.7. The Hall–Kier alpha value is -7.11. The van der Waals surface area contributed by atoms with Crippen LogP contribution in [0.15, 0.2) is 173 Å². The molecule has 0 unspecified atom stereocenters. The van der Waals surface area contributed by atoms with Gasteiger partial charge in [0.15, 0.2) is 17.5 Å². The van der Waals surface area contributed by atoms with Crippen molar-refractivity contribution in [3.05, 3.63) is 164 Å². The van der Waals surface area contributed by atoms with Gasteiger partial charge in [0.25, 0.3) is 0 Å². The molecule has 5 nitrogen and oxygen atoms in total. The number of hydrogen-bond donors (Lipinski definition) is 0. The summed E-state index contributed by atoms with van der Waals surface area (Å²) >= 11 is 0. The molecule has 0 saturated carbocycles. The maximum absolute atomic E-state index is 6.57. The van der Waals surface area contributed by atoms with Crippen molar-refractivity contribution >= 4 is 65.4 Å². The number of rotatable bonds is 4. The molecule has 0 N–H and O–H groups in total. The minimum atomic E-state index is 0.578. The highest BCUT2D eigenvalue weighted by Gasteiger charge is 2.21. The third-order valence-electron chi connectivity index (χ3n) is 10.1. The zero-order chi connectivity index (χ0) is 34.2. The van der Waals surface area contributed by atoms with Crippen molar-refractivity contribution in [1.29, 1.82) is 0 Å². The summed E-state index contributed by atoms with van der Waals surface area (Å²) in [4.78, 5) is 15.7. The molecule has 0 saturated heterocycles. The lowest BCUT2D eigenvalue weighted by Gasteiger charge is -2.13. The van der Waals surface area contributed by atoms with Crippen LogP contribution < -0.4 is 0 Å². The number of fused-ring (bicyclic) bond motifs is 9. The lowest BCUT2D eigenvalue weighted by Crippen LogP contribution is -2.01. The summed E-state index contributed by atoms with van der Waals surface area (Å²) in [7, 11) is 0. The number of para-hydroxylation sites is 2. The summed E-state index contributed by atoms with van der Waals surface area (Å²) in [6.45, 7) is 0. The second-order valence-corrected chi connectivity index (χ2v) is 13.2. The van der Waals surface area contributed by atoms with E-state index in [0.717, 1.165) is 87.9 Å². The van der Waals surface area contributed by atoms with Gasteiger partial charge in [-0.25, -0.2) is 15.0 Å². The maximum Gasteiger partial charge on any atom is 0.164 e. The molecule has 11 aromatic rings. The number of nitrogens with zero attached hydrogens (tertiary/aromatic N) is 3. The van der Waals surface area contributed by atoms with Crippen LogP contribution in [0, 0.1) is 0 Å². The lowest BCUT2D eigenvalue weighted by molar-refractivity contribution is 0.669. The molecule has 11 rings (SSSR count). The van der Waals surface area contributed by atoms with Crippen LogP contribution in [0.4, 0.5) is 0 Å². The molecule has 52 heavy (non-hydrogen) atoms. The summed E-state index contributed by atoms with van der Waals surface area (Å²) in [6, 6.07) is 56.3. The van der Waals surface area contributed by atoms with E-state index in [1.807, 2.05) is 72.8 Å². The molecule has 5 heteroatoms. The molecule has 0 fully saturated rings. The molecule has 242 valence electrons. The molecule has 0 aliphatic heterocycles. The summed E-state index contributed by atoms with van der Waals surface area (Å²) in [5, 5.41) is 8.70. The van der Waals surface area contributed by atoms with Crippen LogP contribution in [0.2, 0.25) is 0 Å². The first-order valence-electron chi connectivity index (χ1n) is 17.3. The van der Waals surface area contributed by atoms with E-state index in [1.165, 1.54) is 5.39 Å². The van der Waals surface area contributed by atoms with Crippen molar-refractivity contribution in [3.63, 3.8) is 0 Å². The smallest absolute Gasteiger partial charge is 0.164 e. The summed E-state index contributed by atoms with van der Waals surface area (Å²) in [5.41, 5.74) is 8.09. The average Bonchev–Trinajstić information content (AvgIpc) is 3.78. The van der Waals surface area contributed by atoms with Gasteiger partial charge in [0.05, 0.1) is 0 Å². The topological polar surface area (TPSA) is 65.0 Å². The van der Waals surface area contributed by atoms with Crippen LogP contribution in [0.1, 0.15) is 0 Å². The minimum absolute atomic E-state index is 0.578. The van der Waals surface area contributed by atoms with Gasteiger partial charge >= 0.3 is 0 Å². The Labute approximate surface area is 297 Å². The van der Waals surface area contributed by atoms with Gasteiger partial charge in [0.2, 0.25) is 0 Å². The molecular weight excluding hydrogens is 639 g/mol. The SMILES string of the molecule is c1ccc(-c2nc(-c3cc4ccccc4c4ccccc34)nc(-c3cc(-c4ccc5oc6ccccc6c5c4)cc4oc5ccccc5c34)n2)cc1. The number of benzene rings is 8. The number of hydrogen-bond acceptors (Lipinski definition) is 5. The van der Waals surface area contributed by atoms with Gasteiger partial charge in [-0.3, -0.25) is 0 Å². The zero-order valence-corrected chi connectivity index (χ0v) is 27.7. The van der Waals surface area contributed by atoms with Gasteiger partial charge in [-0.05, 0) is 75.1 Å². The van der Waals surface area contributed by atoms with E-state index in [1.54, 1.807) is 0 Å². The average molecular weight is 666 g/mol. The Bertz CT molecular complexity index is 3190. The van der Waals surface area contributed by atoms with Crippen LogP contribution in [0.25, 0.3) is 111 Å². The fourth-order valence-corrected chi connectivity index (χ4v) is 7.68. The van der Waals surface area contributed by atoms with Crippen molar-refractivity contribution in [2.24, 2.45) is 0 Å². The number of furan rings is 2. The van der Waals surface area contributed by atoms with E-state index < -0.39 is 0 Å². The van der Waals surface area contributed by atoms with Crippen molar-refractivity contribution in [2.45, 2.75) is 0 Å². The molecule has 3 heterocycles. The molecule has 0 bridgehead atoms. The predicted octanol–water partition coefficient (Wildman–Crippen LogP) is 12.6. The van der Waals surface area contributed by atoms with Crippen LogP contribution in [-0.2, 0) is 0 Å². The van der Waals surface area contributed by atoms with Crippen LogP contribution >= 0.6 is 0 Å². The quantitative estimate of drug-likeness (QED) is 0.175. The molecule has 0 amide bonds. The molecule has 0 spiro atoms. The van der Waals surface area contributed by atoms with E-state index in [4.69, 9.17) is 23.8 Å². The largest absolute Gasteiger partial charge is 0.456 e. The lowest BCUT2D eigenvalue weighted by atomic mass is 9.96. The Morgan fingerprint density at radius 2 is 0.904 bits per heavy atom. The monoisotopic (exact) mass is 665 g/mol. The zero-order valence-electron chi connectivity index (χ0n) is 27.7. The Balaban J connectivity index is 1.21. The molecule has 8 aromatic carbocycles. The Morgan fingerprint density at radius 3 is 1.73 bits per heavy atom. The van der Waals surface area contributed by atoms with Gasteiger partial charge in [-0.2, -0.15) is 0 Å². The van der Waals surface area contributed by atoms with E-state index in [2.05, 4.69) is 91.0 Å². The predicted molar refractivity (Wildman–Crippen MR) is 211 cm³/mol. The van der Waals surface area contributed by atoms with Crippen LogP contribution in [-0.4, -0.2) is 15.0 Å². The third kappa shape index (κ3) is 4.46. The number of aromatic nitrogens is 3. The highest BCUT2D eigenvalue weighted by atomic mass is 16.3. The van der Waals surface area contributed by atoms with Gasteiger partial charge in [0, 0.05) is 38.2 Å². The van der Waals surface area contributed by atoms with E-state index >= 15 is 0 Å². The van der Waals surface area contributed by atoms with Gasteiger partial charge < -0.3 is 8.83 Å². The van der Waals surface area contributed by atoms with Crippen molar-refractivity contribution in [3.8, 4) is 45.3 Å². The van der Waals surface area contributed by atoms with Crippen molar-refractivity contribution < 1.29 is 8.83 Å². The molecule has 0 radical (unpaired) electrons.